The first-order valence-corrected chi connectivity index (χ1v) is 13.6. The second-order valence-electron chi connectivity index (χ2n) is 10.2. The van der Waals surface area contributed by atoms with Gasteiger partial charge in [0.1, 0.15) is 11.6 Å². The van der Waals surface area contributed by atoms with Gasteiger partial charge in [0.2, 0.25) is 17.7 Å². The lowest BCUT2D eigenvalue weighted by Crippen LogP contribution is -2.55. The molecule has 6 rings (SSSR count). The molecule has 3 heterocycles. The summed E-state index contributed by atoms with van der Waals surface area (Å²) >= 11 is 3.66. The largest absolute Gasteiger partial charge is 0.394 e. The number of fused-ring (bicyclic) bond motifs is 2. The predicted octanol–water partition coefficient (Wildman–Crippen LogP) is 3.01. The molecular formula is C29H28BrN3O5. The second kappa shape index (κ2) is 9.48. The topological polar surface area (TPSA) is 108 Å². The molecule has 196 valence electrons. The van der Waals surface area contributed by atoms with E-state index in [4.69, 9.17) is 4.74 Å². The van der Waals surface area contributed by atoms with Crippen LogP contribution in [0.4, 0.5) is 5.69 Å². The number of amides is 3. The van der Waals surface area contributed by atoms with E-state index < -0.39 is 41.5 Å². The van der Waals surface area contributed by atoms with Crippen molar-refractivity contribution in [1.82, 2.24) is 10.2 Å². The maximum atomic E-state index is 14.2. The molecule has 3 N–H and O–H groups in total. The van der Waals surface area contributed by atoms with E-state index in [1.165, 1.54) is 11.9 Å². The van der Waals surface area contributed by atoms with Crippen molar-refractivity contribution in [3.05, 3.63) is 78.4 Å². The summed E-state index contributed by atoms with van der Waals surface area (Å²) < 4.78 is 6.49. The number of hydrogen-bond donors (Lipinski definition) is 3. The van der Waals surface area contributed by atoms with Gasteiger partial charge in [-0.05, 0) is 34.9 Å². The first-order valence-electron chi connectivity index (χ1n) is 12.7. The standard InChI is InChI=1S/C29H28BrN3O5/c1-31-26(35)22-23-28(37)33(21(15-34)17-8-3-2-4-9-17)25(29(23)14-20(30)24(22)38-29)27(36)32-19-12-11-16-7-5-6-10-18(16)13-19/h2-13,20-25,34H,14-15H2,1H3,(H,31,35)(H,32,36)/t20?,21-,22+,23+,24+,25?,29?/m1/s1. The molecule has 3 saturated heterocycles. The highest BCUT2D eigenvalue weighted by molar-refractivity contribution is 9.09. The van der Waals surface area contributed by atoms with Crippen LogP contribution in [-0.2, 0) is 19.1 Å². The number of nitrogens with one attached hydrogen (secondary N) is 2. The van der Waals surface area contributed by atoms with Crippen molar-refractivity contribution in [2.75, 3.05) is 19.0 Å². The molecule has 0 aromatic heterocycles. The van der Waals surface area contributed by atoms with E-state index in [9.17, 15) is 19.5 Å². The number of aliphatic hydroxyl groups is 1. The monoisotopic (exact) mass is 577 g/mol. The highest BCUT2D eigenvalue weighted by atomic mass is 79.9. The number of carbonyl (C=O) groups is 3. The fourth-order valence-corrected chi connectivity index (χ4v) is 7.62. The molecule has 3 aliphatic heterocycles. The highest BCUT2D eigenvalue weighted by Gasteiger charge is 2.77. The number of carbonyl (C=O) groups excluding carboxylic acids is 3. The van der Waals surface area contributed by atoms with E-state index in [0.717, 1.165) is 10.8 Å². The van der Waals surface area contributed by atoms with E-state index in [-0.39, 0.29) is 23.2 Å². The molecule has 0 saturated carbocycles. The molecule has 7 atom stereocenters. The summed E-state index contributed by atoms with van der Waals surface area (Å²) in [6.07, 6.45) is -0.146. The van der Waals surface area contributed by atoms with Crippen LogP contribution >= 0.6 is 15.9 Å². The Morgan fingerprint density at radius 2 is 1.79 bits per heavy atom. The number of nitrogens with zero attached hydrogens (tertiary/aromatic N) is 1. The first kappa shape index (κ1) is 25.0. The van der Waals surface area contributed by atoms with Gasteiger partial charge in [0, 0.05) is 17.6 Å². The number of halogens is 1. The van der Waals surface area contributed by atoms with Crippen LogP contribution in [0.2, 0.25) is 0 Å². The lowest BCUT2D eigenvalue weighted by atomic mass is 9.70. The number of ether oxygens (including phenoxy) is 1. The smallest absolute Gasteiger partial charge is 0.250 e. The van der Waals surface area contributed by atoms with Gasteiger partial charge < -0.3 is 25.4 Å². The van der Waals surface area contributed by atoms with Crippen LogP contribution in [0.25, 0.3) is 10.8 Å². The maximum absolute atomic E-state index is 14.2. The quantitative estimate of drug-likeness (QED) is 0.390. The zero-order valence-electron chi connectivity index (χ0n) is 20.7. The Balaban J connectivity index is 1.44. The molecule has 38 heavy (non-hydrogen) atoms. The second-order valence-corrected chi connectivity index (χ2v) is 11.4. The number of alkyl halides is 1. The Labute approximate surface area is 228 Å². The highest BCUT2D eigenvalue weighted by Crippen LogP contribution is 2.61. The molecule has 3 amide bonds. The minimum atomic E-state index is -1.21. The minimum Gasteiger partial charge on any atom is -0.394 e. The lowest BCUT2D eigenvalue weighted by Gasteiger charge is -2.37. The number of rotatable bonds is 6. The van der Waals surface area contributed by atoms with Gasteiger partial charge in [0.25, 0.3) is 0 Å². The summed E-state index contributed by atoms with van der Waals surface area (Å²) in [5, 5.41) is 18.2. The van der Waals surface area contributed by atoms with Crippen molar-refractivity contribution < 1.29 is 24.2 Å². The molecule has 0 radical (unpaired) electrons. The number of anilines is 1. The Hall–Kier alpha value is -3.27. The van der Waals surface area contributed by atoms with E-state index >= 15 is 0 Å². The fraction of sp³-hybridized carbons (Fsp3) is 0.345. The van der Waals surface area contributed by atoms with Crippen LogP contribution in [0.5, 0.6) is 0 Å². The number of hydrogen-bond acceptors (Lipinski definition) is 5. The summed E-state index contributed by atoms with van der Waals surface area (Å²) in [6.45, 7) is -0.385. The minimum absolute atomic E-state index is 0.200. The summed E-state index contributed by atoms with van der Waals surface area (Å²) in [5.74, 6) is -2.66. The summed E-state index contributed by atoms with van der Waals surface area (Å²) in [7, 11) is 1.53. The zero-order chi connectivity index (χ0) is 26.6. The van der Waals surface area contributed by atoms with E-state index in [0.29, 0.717) is 17.7 Å². The van der Waals surface area contributed by atoms with Gasteiger partial charge in [0.15, 0.2) is 0 Å². The summed E-state index contributed by atoms with van der Waals surface area (Å²) in [4.78, 5) is 42.6. The van der Waals surface area contributed by atoms with Crippen LogP contribution in [0.3, 0.4) is 0 Å². The SMILES string of the molecule is CNC(=O)[C@H]1[C@H]2C(=O)N([C@H](CO)c3ccccc3)C(C(=O)Nc3ccc4ccccc4c3)C23CC(Br)[C@@H]1O3. The fourth-order valence-electron chi connectivity index (χ4n) is 6.68. The van der Waals surface area contributed by atoms with Crippen LogP contribution < -0.4 is 10.6 Å². The van der Waals surface area contributed by atoms with E-state index in [1.807, 2.05) is 72.8 Å². The van der Waals surface area contributed by atoms with Crippen molar-refractivity contribution in [2.24, 2.45) is 11.8 Å². The van der Waals surface area contributed by atoms with Gasteiger partial charge >= 0.3 is 0 Å². The van der Waals surface area contributed by atoms with Gasteiger partial charge in [-0.25, -0.2) is 0 Å². The van der Waals surface area contributed by atoms with E-state index in [2.05, 4.69) is 26.6 Å². The molecule has 3 fully saturated rings. The molecule has 3 aliphatic rings. The number of benzene rings is 3. The first-order chi connectivity index (χ1) is 18.4. The molecule has 1 spiro atoms. The summed E-state index contributed by atoms with van der Waals surface area (Å²) in [6, 6.07) is 20.8. The van der Waals surface area contributed by atoms with Gasteiger partial charge in [-0.1, -0.05) is 76.6 Å². The predicted molar refractivity (Wildman–Crippen MR) is 145 cm³/mol. The van der Waals surface area contributed by atoms with Crippen LogP contribution in [-0.4, -0.2) is 64.0 Å². The molecular weight excluding hydrogens is 550 g/mol. The van der Waals surface area contributed by atoms with Crippen LogP contribution in [0.15, 0.2) is 72.8 Å². The third kappa shape index (κ3) is 3.67. The Morgan fingerprint density at radius 3 is 2.50 bits per heavy atom. The van der Waals surface area contributed by atoms with Crippen LogP contribution in [0, 0.1) is 11.8 Å². The van der Waals surface area contributed by atoms with Gasteiger partial charge in [-0.15, -0.1) is 0 Å². The lowest BCUT2D eigenvalue weighted by molar-refractivity contribution is -0.144. The molecule has 0 aliphatic carbocycles. The van der Waals surface area contributed by atoms with E-state index in [1.54, 1.807) is 0 Å². The third-order valence-corrected chi connectivity index (χ3v) is 9.08. The molecule has 2 bridgehead atoms. The molecule has 3 unspecified atom stereocenters. The molecule has 3 aromatic carbocycles. The summed E-state index contributed by atoms with van der Waals surface area (Å²) in [5.41, 5.74) is 0.0765. The van der Waals surface area contributed by atoms with Crippen molar-refractivity contribution >= 4 is 50.1 Å². The average Bonchev–Trinajstić information content (AvgIpc) is 3.53. The molecule has 9 heteroatoms. The van der Waals surface area contributed by atoms with Crippen molar-refractivity contribution in [1.29, 1.82) is 0 Å². The Bertz CT molecular complexity index is 1420. The van der Waals surface area contributed by atoms with Gasteiger partial charge in [0.05, 0.1) is 30.6 Å². The Kier molecular flexibility index (Phi) is 6.25. The van der Waals surface area contributed by atoms with Gasteiger partial charge in [-0.3, -0.25) is 14.4 Å². The van der Waals surface area contributed by atoms with Crippen molar-refractivity contribution in [3.63, 3.8) is 0 Å². The van der Waals surface area contributed by atoms with Crippen molar-refractivity contribution in [3.8, 4) is 0 Å². The molecule has 8 nitrogen and oxygen atoms in total. The number of likely N-dealkylation sites (tertiary alicyclic amines) is 1. The average molecular weight is 578 g/mol. The molecule has 3 aromatic rings. The zero-order valence-corrected chi connectivity index (χ0v) is 22.3. The van der Waals surface area contributed by atoms with Gasteiger partial charge in [-0.2, -0.15) is 0 Å². The Morgan fingerprint density at radius 1 is 1.08 bits per heavy atom. The maximum Gasteiger partial charge on any atom is 0.250 e. The van der Waals surface area contributed by atoms with Crippen LogP contribution in [0.1, 0.15) is 18.0 Å². The van der Waals surface area contributed by atoms with Crippen molar-refractivity contribution in [2.45, 2.75) is 35.0 Å². The normalized spacial score (nSPS) is 30.3. The third-order valence-electron chi connectivity index (χ3n) is 8.23. The number of aliphatic hydroxyl groups excluding tert-OH is 1.